The van der Waals surface area contributed by atoms with Gasteiger partial charge in [-0.15, -0.1) is 0 Å². The summed E-state index contributed by atoms with van der Waals surface area (Å²) in [7, 11) is 0. The van der Waals surface area contributed by atoms with E-state index in [2.05, 4.69) is 106 Å². The van der Waals surface area contributed by atoms with E-state index in [4.69, 9.17) is 14.2 Å². The molecule has 6 heteroatoms. The zero-order chi connectivity index (χ0) is 47.2. The molecule has 0 heterocycles. The summed E-state index contributed by atoms with van der Waals surface area (Å²) >= 11 is 0. The van der Waals surface area contributed by atoms with Gasteiger partial charge in [-0.25, -0.2) is 0 Å². The topological polar surface area (TPSA) is 78.9 Å². The van der Waals surface area contributed by atoms with E-state index in [1.807, 2.05) is 0 Å². The highest BCUT2D eigenvalue weighted by molar-refractivity contribution is 5.71. The maximum atomic E-state index is 12.8. The van der Waals surface area contributed by atoms with Gasteiger partial charge in [0.1, 0.15) is 13.2 Å². The molecule has 65 heavy (non-hydrogen) atoms. The summed E-state index contributed by atoms with van der Waals surface area (Å²) in [6.07, 6.45) is 68.5. The van der Waals surface area contributed by atoms with Crippen molar-refractivity contribution < 1.29 is 28.6 Å². The Kier molecular flexibility index (Phi) is 50.4. The molecule has 372 valence electrons. The average Bonchev–Trinajstić information content (AvgIpc) is 3.30. The first-order valence-corrected chi connectivity index (χ1v) is 27.1. The van der Waals surface area contributed by atoms with Crippen molar-refractivity contribution in [2.45, 2.75) is 258 Å². The third kappa shape index (κ3) is 51.4. The van der Waals surface area contributed by atoms with Crippen LogP contribution in [0.3, 0.4) is 0 Å². The number of carbonyl (C=O) groups excluding carboxylic acids is 3. The van der Waals surface area contributed by atoms with E-state index < -0.39 is 6.10 Å². The summed E-state index contributed by atoms with van der Waals surface area (Å²) in [6, 6.07) is 0. The quantitative estimate of drug-likeness (QED) is 0.0262. The smallest absolute Gasteiger partial charge is 0.306 e. The van der Waals surface area contributed by atoms with Crippen LogP contribution in [-0.2, 0) is 28.6 Å². The van der Waals surface area contributed by atoms with Gasteiger partial charge < -0.3 is 14.2 Å². The Hall–Kier alpha value is -3.41. The van der Waals surface area contributed by atoms with Crippen molar-refractivity contribution in [2.75, 3.05) is 13.2 Å². The number of allylic oxidation sites excluding steroid dienone is 14. The summed E-state index contributed by atoms with van der Waals surface area (Å²) in [5, 5.41) is 0. The fourth-order valence-corrected chi connectivity index (χ4v) is 7.39. The molecule has 0 fully saturated rings. The number of ether oxygens (including phenoxy) is 3. The Morgan fingerprint density at radius 2 is 0.600 bits per heavy atom. The minimum atomic E-state index is -0.794. The predicted molar refractivity (Wildman–Crippen MR) is 279 cm³/mol. The minimum Gasteiger partial charge on any atom is -0.462 e. The van der Waals surface area contributed by atoms with E-state index in [9.17, 15) is 14.4 Å². The van der Waals surface area contributed by atoms with Crippen molar-refractivity contribution >= 4 is 17.9 Å². The van der Waals surface area contributed by atoms with Crippen molar-refractivity contribution in [1.82, 2.24) is 0 Å². The summed E-state index contributed by atoms with van der Waals surface area (Å²) in [5.41, 5.74) is 0. The zero-order valence-corrected chi connectivity index (χ0v) is 42.5. The van der Waals surface area contributed by atoms with E-state index in [1.54, 1.807) is 0 Å². The summed E-state index contributed by atoms with van der Waals surface area (Å²) in [5.74, 6) is -0.924. The monoisotopic (exact) mass is 905 g/mol. The fourth-order valence-electron chi connectivity index (χ4n) is 7.39. The molecule has 0 aliphatic rings. The molecule has 0 amide bonds. The van der Waals surface area contributed by atoms with Gasteiger partial charge in [0.15, 0.2) is 6.10 Å². The van der Waals surface area contributed by atoms with Gasteiger partial charge in [0.2, 0.25) is 0 Å². The molecule has 0 aromatic rings. The third-order valence-corrected chi connectivity index (χ3v) is 11.4. The zero-order valence-electron chi connectivity index (χ0n) is 42.5. The van der Waals surface area contributed by atoms with E-state index in [1.165, 1.54) is 103 Å². The number of hydrogen-bond acceptors (Lipinski definition) is 6. The van der Waals surface area contributed by atoms with Crippen molar-refractivity contribution in [3.05, 3.63) is 85.1 Å². The van der Waals surface area contributed by atoms with Crippen LogP contribution in [0.25, 0.3) is 0 Å². The van der Waals surface area contributed by atoms with Crippen LogP contribution in [-0.4, -0.2) is 37.2 Å². The molecule has 1 unspecified atom stereocenters. The molecule has 0 saturated carbocycles. The van der Waals surface area contributed by atoms with Gasteiger partial charge in [0.25, 0.3) is 0 Å². The van der Waals surface area contributed by atoms with Crippen LogP contribution >= 0.6 is 0 Å². The Labute approximate surface area is 401 Å². The van der Waals surface area contributed by atoms with Crippen LogP contribution in [0.5, 0.6) is 0 Å². The number of unbranched alkanes of at least 4 members (excludes halogenated alkanes) is 23. The van der Waals surface area contributed by atoms with Crippen LogP contribution in [0, 0.1) is 0 Å². The second-order valence-electron chi connectivity index (χ2n) is 17.7. The van der Waals surface area contributed by atoms with Gasteiger partial charge in [0, 0.05) is 19.3 Å². The maximum absolute atomic E-state index is 12.8. The maximum Gasteiger partial charge on any atom is 0.306 e. The first-order valence-electron chi connectivity index (χ1n) is 27.1. The van der Waals surface area contributed by atoms with E-state index in [0.29, 0.717) is 19.3 Å². The molecule has 0 N–H and O–H groups in total. The van der Waals surface area contributed by atoms with E-state index in [-0.39, 0.29) is 31.1 Å². The number of carbonyl (C=O) groups is 3. The molecule has 0 bridgehead atoms. The molecule has 1 atom stereocenters. The molecule has 0 radical (unpaired) electrons. The van der Waals surface area contributed by atoms with Gasteiger partial charge in [-0.2, -0.15) is 0 Å². The Morgan fingerprint density at radius 3 is 0.954 bits per heavy atom. The molecule has 6 nitrogen and oxygen atoms in total. The van der Waals surface area contributed by atoms with Gasteiger partial charge in [-0.3, -0.25) is 14.4 Å². The molecular formula is C59H100O6. The fraction of sp³-hybridized carbons (Fsp3) is 0.712. The second kappa shape index (κ2) is 53.2. The van der Waals surface area contributed by atoms with Crippen LogP contribution < -0.4 is 0 Å². The van der Waals surface area contributed by atoms with E-state index in [0.717, 1.165) is 109 Å². The van der Waals surface area contributed by atoms with Gasteiger partial charge in [-0.05, 0) is 89.9 Å². The molecule has 0 aromatic heterocycles. The molecule has 0 aromatic carbocycles. The van der Waals surface area contributed by atoms with Crippen LogP contribution in [0.2, 0.25) is 0 Å². The minimum absolute atomic E-state index is 0.0896. The van der Waals surface area contributed by atoms with Crippen LogP contribution in [0.1, 0.15) is 252 Å². The summed E-state index contributed by atoms with van der Waals surface area (Å²) in [4.78, 5) is 38.0. The average molecular weight is 905 g/mol. The lowest BCUT2D eigenvalue weighted by Gasteiger charge is -2.18. The standard InChI is InChI=1S/C59H100O6/c1-4-7-10-13-16-19-22-25-27-29-30-31-33-34-37-40-43-46-49-52-58(61)64-55-56(54-63-57(60)51-48-45-42-39-36-24-21-18-15-12-9-6-3)65-59(62)53-50-47-44-41-38-35-32-28-26-23-20-17-14-11-8-5-2/h7-8,10-11,16-17,19-20,25-28,35,38,56H,4-6,9,12-15,18,21-24,29-34,36-37,39-55H2,1-3H3/b10-7-,11-8-,19-16-,20-17-,27-25-,28-26-,38-35-. The summed E-state index contributed by atoms with van der Waals surface area (Å²) in [6.45, 7) is 6.39. The SMILES string of the molecule is CC/C=C\C/C=C\C/C=C\C/C=C\CCCCCC(=O)OC(COC(=O)CCCCCCCCCCC/C=C\C/C=C\C/C=C\CC)COC(=O)CCCCCCCCCCCCCC. The Balaban J connectivity index is 4.41. The molecule has 0 saturated heterocycles. The number of esters is 3. The van der Waals surface area contributed by atoms with Crippen molar-refractivity contribution in [3.63, 3.8) is 0 Å². The lowest BCUT2D eigenvalue weighted by molar-refractivity contribution is -0.167. The Morgan fingerprint density at radius 1 is 0.323 bits per heavy atom. The largest absolute Gasteiger partial charge is 0.462 e. The van der Waals surface area contributed by atoms with Gasteiger partial charge in [-0.1, -0.05) is 228 Å². The first kappa shape index (κ1) is 61.6. The molecular weight excluding hydrogens is 805 g/mol. The first-order chi connectivity index (χ1) is 32.0. The highest BCUT2D eigenvalue weighted by atomic mass is 16.6. The van der Waals surface area contributed by atoms with Gasteiger partial charge >= 0.3 is 17.9 Å². The predicted octanol–water partition coefficient (Wildman–Crippen LogP) is 18.0. The highest BCUT2D eigenvalue weighted by Crippen LogP contribution is 2.15. The molecule has 0 spiro atoms. The molecule has 0 rings (SSSR count). The lowest BCUT2D eigenvalue weighted by Crippen LogP contribution is -2.30. The highest BCUT2D eigenvalue weighted by Gasteiger charge is 2.19. The molecule has 0 aliphatic heterocycles. The van der Waals surface area contributed by atoms with Crippen molar-refractivity contribution in [1.29, 1.82) is 0 Å². The number of hydrogen-bond donors (Lipinski definition) is 0. The Bertz CT molecular complexity index is 1270. The van der Waals surface area contributed by atoms with E-state index >= 15 is 0 Å². The van der Waals surface area contributed by atoms with Crippen LogP contribution in [0.4, 0.5) is 0 Å². The third-order valence-electron chi connectivity index (χ3n) is 11.4. The van der Waals surface area contributed by atoms with Crippen LogP contribution in [0.15, 0.2) is 85.1 Å². The molecule has 0 aliphatic carbocycles. The summed E-state index contributed by atoms with van der Waals surface area (Å²) < 4.78 is 16.8. The lowest BCUT2D eigenvalue weighted by atomic mass is 10.0. The number of rotatable bonds is 48. The second-order valence-corrected chi connectivity index (χ2v) is 17.7. The van der Waals surface area contributed by atoms with Gasteiger partial charge in [0.05, 0.1) is 0 Å². The van der Waals surface area contributed by atoms with Crippen molar-refractivity contribution in [3.8, 4) is 0 Å². The van der Waals surface area contributed by atoms with Crippen molar-refractivity contribution in [2.24, 2.45) is 0 Å². The normalized spacial score (nSPS) is 12.7.